The van der Waals surface area contributed by atoms with Gasteiger partial charge in [-0.25, -0.2) is 0 Å². The molecule has 192 valence electrons. The molecule has 1 saturated carbocycles. The molecule has 0 saturated heterocycles. The molecule has 7 nitrogen and oxygen atoms in total. The van der Waals surface area contributed by atoms with Crippen LogP contribution in [0.25, 0.3) is 0 Å². The van der Waals surface area contributed by atoms with E-state index in [0.717, 1.165) is 31.2 Å². The third-order valence-corrected chi connectivity index (χ3v) is 6.96. The van der Waals surface area contributed by atoms with Crippen molar-refractivity contribution in [1.29, 1.82) is 0 Å². The van der Waals surface area contributed by atoms with Crippen molar-refractivity contribution in [3.05, 3.63) is 90.0 Å². The summed E-state index contributed by atoms with van der Waals surface area (Å²) in [5, 5.41) is 3.21. The third-order valence-electron chi connectivity index (χ3n) is 6.96. The van der Waals surface area contributed by atoms with E-state index in [0.29, 0.717) is 22.8 Å². The number of benzene rings is 3. The van der Waals surface area contributed by atoms with E-state index in [1.807, 2.05) is 72.8 Å². The number of fused-ring (bicyclic) bond motifs is 1. The van der Waals surface area contributed by atoms with Gasteiger partial charge in [0.05, 0.1) is 7.11 Å². The molecule has 1 fully saturated rings. The summed E-state index contributed by atoms with van der Waals surface area (Å²) in [6.07, 6.45) is 3.21. The van der Waals surface area contributed by atoms with E-state index in [4.69, 9.17) is 14.2 Å². The molecule has 0 bridgehead atoms. The summed E-state index contributed by atoms with van der Waals surface area (Å²) in [6.45, 7) is 0.316. The maximum absolute atomic E-state index is 14.1. The number of rotatable bonds is 8. The van der Waals surface area contributed by atoms with Gasteiger partial charge in [0.25, 0.3) is 5.91 Å². The van der Waals surface area contributed by atoms with Gasteiger partial charge in [-0.05, 0) is 48.2 Å². The molecule has 1 aliphatic heterocycles. The molecule has 5 rings (SSSR count). The van der Waals surface area contributed by atoms with Crippen LogP contribution in [0.2, 0.25) is 0 Å². The van der Waals surface area contributed by atoms with Gasteiger partial charge >= 0.3 is 0 Å². The van der Waals surface area contributed by atoms with Crippen LogP contribution in [0.1, 0.15) is 42.9 Å². The predicted octanol–water partition coefficient (Wildman–Crippen LogP) is 4.66. The zero-order valence-electron chi connectivity index (χ0n) is 21.0. The van der Waals surface area contributed by atoms with Gasteiger partial charge in [0, 0.05) is 12.6 Å². The van der Waals surface area contributed by atoms with E-state index in [1.165, 1.54) is 0 Å². The average molecular weight is 501 g/mol. The summed E-state index contributed by atoms with van der Waals surface area (Å²) >= 11 is 0. The largest absolute Gasteiger partial charge is 0.497 e. The first-order valence-electron chi connectivity index (χ1n) is 12.8. The monoisotopic (exact) mass is 500 g/mol. The number of ether oxygens (including phenoxy) is 3. The fourth-order valence-corrected chi connectivity index (χ4v) is 5.01. The van der Waals surface area contributed by atoms with Gasteiger partial charge in [-0.2, -0.15) is 0 Å². The van der Waals surface area contributed by atoms with Crippen LogP contribution in [0.3, 0.4) is 0 Å². The van der Waals surface area contributed by atoms with Crippen molar-refractivity contribution in [2.24, 2.45) is 0 Å². The summed E-state index contributed by atoms with van der Waals surface area (Å²) in [6, 6.07) is 23.6. The Morgan fingerprint density at radius 1 is 0.946 bits per heavy atom. The van der Waals surface area contributed by atoms with Crippen LogP contribution >= 0.6 is 0 Å². The lowest BCUT2D eigenvalue weighted by Gasteiger charge is -2.36. The number of amides is 2. The van der Waals surface area contributed by atoms with Gasteiger partial charge in [0.1, 0.15) is 18.4 Å². The van der Waals surface area contributed by atoms with E-state index in [-0.39, 0.29) is 31.0 Å². The summed E-state index contributed by atoms with van der Waals surface area (Å²) in [4.78, 5) is 29.6. The molecule has 2 amide bonds. The molecule has 3 aromatic carbocycles. The lowest BCUT2D eigenvalue weighted by molar-refractivity contribution is -0.149. The molecule has 0 radical (unpaired) electrons. The van der Waals surface area contributed by atoms with Crippen LogP contribution in [0.5, 0.6) is 17.2 Å². The van der Waals surface area contributed by atoms with E-state index in [9.17, 15) is 9.59 Å². The first-order chi connectivity index (χ1) is 18.1. The number of methoxy groups -OCH3 is 1. The lowest BCUT2D eigenvalue weighted by Crippen LogP contribution is -2.51. The van der Waals surface area contributed by atoms with Crippen molar-refractivity contribution in [2.75, 3.05) is 13.7 Å². The lowest BCUT2D eigenvalue weighted by atomic mass is 10.0. The number of carbonyl (C=O) groups is 2. The molecule has 0 aromatic heterocycles. The first kappa shape index (κ1) is 24.7. The van der Waals surface area contributed by atoms with Crippen molar-refractivity contribution in [3.8, 4) is 17.2 Å². The van der Waals surface area contributed by atoms with E-state index >= 15 is 0 Å². The predicted molar refractivity (Wildman–Crippen MR) is 139 cm³/mol. The minimum atomic E-state index is -0.876. The number of carbonyl (C=O) groups excluding carboxylic acids is 2. The van der Waals surface area contributed by atoms with Gasteiger partial charge in [0.2, 0.25) is 12.0 Å². The second-order valence-electron chi connectivity index (χ2n) is 9.48. The average Bonchev–Trinajstić information content (AvgIpc) is 3.46. The van der Waals surface area contributed by atoms with Crippen molar-refractivity contribution in [2.45, 2.75) is 50.4 Å². The summed E-state index contributed by atoms with van der Waals surface area (Å²) < 4.78 is 17.3. The van der Waals surface area contributed by atoms with E-state index in [1.54, 1.807) is 18.1 Å². The highest BCUT2D eigenvalue weighted by atomic mass is 16.6. The molecule has 7 heteroatoms. The molecule has 0 spiro atoms. The van der Waals surface area contributed by atoms with Crippen LogP contribution in [-0.2, 0) is 16.1 Å². The molecule has 1 heterocycles. The van der Waals surface area contributed by atoms with Gasteiger partial charge in [-0.15, -0.1) is 0 Å². The Morgan fingerprint density at radius 2 is 1.62 bits per heavy atom. The molecule has 1 aliphatic carbocycles. The Kier molecular flexibility index (Phi) is 7.59. The topological polar surface area (TPSA) is 77.1 Å². The highest BCUT2D eigenvalue weighted by Gasteiger charge is 2.39. The molecule has 37 heavy (non-hydrogen) atoms. The maximum Gasteiger partial charge on any atom is 0.268 e. The molecule has 0 unspecified atom stereocenters. The van der Waals surface area contributed by atoms with Crippen LogP contribution in [0.4, 0.5) is 0 Å². The quantitative estimate of drug-likeness (QED) is 0.487. The van der Waals surface area contributed by atoms with Crippen LogP contribution in [-0.4, -0.2) is 42.6 Å². The number of nitrogens with zero attached hydrogens (tertiary/aromatic N) is 1. The van der Waals surface area contributed by atoms with E-state index in [2.05, 4.69) is 5.32 Å². The number of para-hydroxylation sites is 2. The Hall–Kier alpha value is -4.00. The van der Waals surface area contributed by atoms with Crippen molar-refractivity contribution < 1.29 is 23.8 Å². The zero-order valence-corrected chi connectivity index (χ0v) is 21.0. The highest BCUT2D eigenvalue weighted by molar-refractivity contribution is 5.91. The summed E-state index contributed by atoms with van der Waals surface area (Å²) in [5.41, 5.74) is 1.62. The van der Waals surface area contributed by atoms with Crippen molar-refractivity contribution >= 4 is 11.8 Å². The first-order valence-corrected chi connectivity index (χ1v) is 12.8. The van der Waals surface area contributed by atoms with Crippen LogP contribution in [0.15, 0.2) is 78.9 Å². The normalized spacial score (nSPS) is 17.6. The number of nitrogens with one attached hydrogen (secondary N) is 1. The zero-order chi connectivity index (χ0) is 25.6. The van der Waals surface area contributed by atoms with E-state index < -0.39 is 12.1 Å². The minimum Gasteiger partial charge on any atom is -0.497 e. The van der Waals surface area contributed by atoms with Crippen molar-refractivity contribution in [3.63, 3.8) is 0 Å². The Bertz CT molecular complexity index is 1210. The van der Waals surface area contributed by atoms with Gasteiger partial charge in [0.15, 0.2) is 11.5 Å². The summed E-state index contributed by atoms with van der Waals surface area (Å²) in [7, 11) is 1.60. The van der Waals surface area contributed by atoms with Gasteiger partial charge < -0.3 is 24.4 Å². The maximum atomic E-state index is 14.1. The van der Waals surface area contributed by atoms with Crippen LogP contribution in [0, 0.1) is 0 Å². The summed E-state index contributed by atoms with van der Waals surface area (Å²) in [5.74, 6) is 1.30. The molecule has 3 aromatic rings. The number of hydrogen-bond donors (Lipinski definition) is 1. The molecule has 1 N–H and O–H groups in total. The van der Waals surface area contributed by atoms with Gasteiger partial charge in [-0.3, -0.25) is 9.59 Å². The second-order valence-corrected chi connectivity index (χ2v) is 9.48. The second kappa shape index (κ2) is 11.4. The Balaban J connectivity index is 1.50. The molecule has 2 aliphatic rings. The molecular weight excluding hydrogens is 468 g/mol. The molecule has 2 atom stereocenters. The van der Waals surface area contributed by atoms with Crippen molar-refractivity contribution in [1.82, 2.24) is 10.2 Å². The third kappa shape index (κ3) is 5.71. The molecular formula is C30H32N2O5. The van der Waals surface area contributed by atoms with Gasteiger partial charge in [-0.1, -0.05) is 67.4 Å². The Morgan fingerprint density at radius 3 is 2.32 bits per heavy atom. The Labute approximate surface area is 217 Å². The highest BCUT2D eigenvalue weighted by Crippen LogP contribution is 2.33. The van der Waals surface area contributed by atoms with Crippen LogP contribution < -0.4 is 19.5 Å². The fourth-order valence-electron chi connectivity index (χ4n) is 5.01. The fraction of sp³-hybridized carbons (Fsp3) is 0.333. The standard InChI is InChI=1S/C30H32N2O5/c1-35-24-17-15-22(16-18-24)28(29(33)31-23-11-5-6-12-23)32(19-21-9-3-2-4-10-21)30(34)27-20-36-25-13-7-8-14-26(25)37-27/h2-4,7-10,13-18,23,27-28H,5-6,11-12,19-20H2,1H3,(H,31,33)/t27-,28-/m1/s1. The minimum absolute atomic E-state index is 0.0702. The number of hydrogen-bond acceptors (Lipinski definition) is 5. The smallest absolute Gasteiger partial charge is 0.268 e. The SMILES string of the molecule is COc1ccc([C@H](C(=O)NC2CCCC2)N(Cc2ccccc2)C(=O)[C@H]2COc3ccccc3O2)cc1.